The molecule has 18 heavy (non-hydrogen) atoms. The first-order valence-electron chi connectivity index (χ1n) is 5.71. The van der Waals surface area contributed by atoms with Gasteiger partial charge >= 0.3 is 0 Å². The number of fused-ring (bicyclic) bond motifs is 1. The lowest BCUT2D eigenvalue weighted by Crippen LogP contribution is -2.27. The van der Waals surface area contributed by atoms with Crippen molar-refractivity contribution in [2.24, 2.45) is 5.73 Å². The first-order valence-corrected chi connectivity index (χ1v) is 6.85. The first-order chi connectivity index (χ1) is 8.43. The summed E-state index contributed by atoms with van der Waals surface area (Å²) >= 11 is 17.9. The summed E-state index contributed by atoms with van der Waals surface area (Å²) in [6.07, 6.45) is 0.853. The molecule has 0 aliphatic rings. The van der Waals surface area contributed by atoms with Crippen LogP contribution in [0.3, 0.4) is 0 Å². The Hall–Kier alpha value is -0.480. The average Bonchev–Trinajstić information content (AvgIpc) is 2.68. The summed E-state index contributed by atoms with van der Waals surface area (Å²) in [5.74, 6) is 0.414. The predicted octanol–water partition coefficient (Wildman–Crippen LogP) is 3.60. The Bertz CT molecular complexity index is 545. The van der Waals surface area contributed by atoms with Crippen LogP contribution in [0.4, 0.5) is 0 Å². The van der Waals surface area contributed by atoms with Gasteiger partial charge in [-0.2, -0.15) is 0 Å². The highest BCUT2D eigenvalue weighted by atomic mass is 35.6. The predicted molar refractivity (Wildman–Crippen MR) is 77.2 cm³/mol. The molecule has 0 saturated carbocycles. The second-order valence-electron chi connectivity index (χ2n) is 4.20. The molecule has 0 bridgehead atoms. The molecule has 1 atom stereocenters. The van der Waals surface area contributed by atoms with Gasteiger partial charge in [0.25, 0.3) is 0 Å². The van der Waals surface area contributed by atoms with E-state index in [1.807, 2.05) is 35.8 Å². The van der Waals surface area contributed by atoms with Gasteiger partial charge in [-0.25, -0.2) is 4.98 Å². The fourth-order valence-electron chi connectivity index (χ4n) is 1.84. The zero-order valence-electron chi connectivity index (χ0n) is 9.91. The van der Waals surface area contributed by atoms with E-state index in [0.717, 1.165) is 17.5 Å². The van der Waals surface area contributed by atoms with Crippen LogP contribution >= 0.6 is 34.8 Å². The van der Waals surface area contributed by atoms with Gasteiger partial charge in [0.1, 0.15) is 0 Å². The zero-order valence-corrected chi connectivity index (χ0v) is 12.2. The van der Waals surface area contributed by atoms with Crippen molar-refractivity contribution in [2.75, 3.05) is 0 Å². The highest BCUT2D eigenvalue weighted by Gasteiger charge is 2.30. The third kappa shape index (κ3) is 2.75. The highest BCUT2D eigenvalue weighted by Crippen LogP contribution is 2.39. The van der Waals surface area contributed by atoms with Gasteiger partial charge < -0.3 is 10.3 Å². The molecule has 0 saturated heterocycles. The Labute approximate surface area is 121 Å². The minimum Gasteiger partial charge on any atom is -0.326 e. The molecule has 0 amide bonds. The van der Waals surface area contributed by atoms with E-state index in [4.69, 9.17) is 40.5 Å². The minimum atomic E-state index is -1.55. The Morgan fingerprint density at radius 2 is 2.00 bits per heavy atom. The molecule has 1 aromatic heterocycles. The molecule has 1 unspecified atom stereocenters. The third-order valence-electron chi connectivity index (χ3n) is 2.85. The number of alkyl halides is 3. The van der Waals surface area contributed by atoms with Gasteiger partial charge in [0, 0.05) is 12.6 Å². The lowest BCUT2D eigenvalue weighted by molar-refractivity contribution is 0.534. The molecular formula is C12H14Cl3N3. The SMILES string of the molecule is CCC(N)Cn1c(C(Cl)(Cl)Cl)nc2ccccc21. The van der Waals surface area contributed by atoms with Crippen LogP contribution in [-0.4, -0.2) is 15.6 Å². The van der Waals surface area contributed by atoms with Gasteiger partial charge in [-0.15, -0.1) is 0 Å². The number of aromatic nitrogens is 2. The second kappa shape index (κ2) is 5.25. The van der Waals surface area contributed by atoms with E-state index in [-0.39, 0.29) is 6.04 Å². The van der Waals surface area contributed by atoms with Crippen LogP contribution in [0.5, 0.6) is 0 Å². The lowest BCUT2D eigenvalue weighted by Gasteiger charge is -2.17. The fraction of sp³-hybridized carbons (Fsp3) is 0.417. The van der Waals surface area contributed by atoms with Crippen molar-refractivity contribution in [2.45, 2.75) is 29.7 Å². The molecular weight excluding hydrogens is 293 g/mol. The summed E-state index contributed by atoms with van der Waals surface area (Å²) in [7, 11) is 0. The molecule has 2 N–H and O–H groups in total. The van der Waals surface area contributed by atoms with Gasteiger partial charge in [-0.05, 0) is 18.6 Å². The van der Waals surface area contributed by atoms with E-state index in [9.17, 15) is 0 Å². The summed E-state index contributed by atoms with van der Waals surface area (Å²) in [5.41, 5.74) is 7.73. The third-order valence-corrected chi connectivity index (χ3v) is 3.36. The summed E-state index contributed by atoms with van der Waals surface area (Å²) in [6, 6.07) is 7.68. The maximum atomic E-state index is 5.99. The Kier molecular flexibility index (Phi) is 4.07. The topological polar surface area (TPSA) is 43.8 Å². The van der Waals surface area contributed by atoms with Crippen molar-refractivity contribution in [1.82, 2.24) is 9.55 Å². The quantitative estimate of drug-likeness (QED) is 0.881. The highest BCUT2D eigenvalue weighted by molar-refractivity contribution is 6.66. The molecule has 3 nitrogen and oxygen atoms in total. The maximum Gasteiger partial charge on any atom is 0.248 e. The van der Waals surface area contributed by atoms with E-state index < -0.39 is 3.79 Å². The molecule has 6 heteroatoms. The number of para-hydroxylation sites is 2. The van der Waals surface area contributed by atoms with Crippen LogP contribution in [0.1, 0.15) is 19.2 Å². The standard InChI is InChI=1S/C12H14Cl3N3/c1-2-8(16)7-18-10-6-4-3-5-9(10)17-11(18)12(13,14)15/h3-6,8H,2,7,16H2,1H3. The van der Waals surface area contributed by atoms with Gasteiger partial charge in [-0.1, -0.05) is 53.9 Å². The normalized spacial score (nSPS) is 14.1. The monoisotopic (exact) mass is 305 g/mol. The van der Waals surface area contributed by atoms with Crippen molar-refractivity contribution < 1.29 is 0 Å². The Balaban J connectivity index is 2.58. The van der Waals surface area contributed by atoms with Gasteiger partial charge in [0.15, 0.2) is 5.82 Å². The van der Waals surface area contributed by atoms with Crippen molar-refractivity contribution in [3.05, 3.63) is 30.1 Å². The van der Waals surface area contributed by atoms with Gasteiger partial charge in [-0.3, -0.25) is 0 Å². The van der Waals surface area contributed by atoms with Crippen LogP contribution in [0.25, 0.3) is 11.0 Å². The van der Waals surface area contributed by atoms with Crippen LogP contribution in [0, 0.1) is 0 Å². The summed E-state index contributed by atoms with van der Waals surface area (Å²) < 4.78 is 0.336. The van der Waals surface area contributed by atoms with E-state index >= 15 is 0 Å². The number of hydrogen-bond acceptors (Lipinski definition) is 2. The number of hydrogen-bond donors (Lipinski definition) is 1. The Morgan fingerprint density at radius 1 is 1.33 bits per heavy atom. The molecule has 0 radical (unpaired) electrons. The number of nitrogens with two attached hydrogens (primary N) is 1. The zero-order chi connectivity index (χ0) is 13.3. The van der Waals surface area contributed by atoms with E-state index in [2.05, 4.69) is 4.98 Å². The van der Waals surface area contributed by atoms with E-state index in [1.54, 1.807) is 0 Å². The van der Waals surface area contributed by atoms with E-state index in [1.165, 1.54) is 0 Å². The minimum absolute atomic E-state index is 0.00806. The van der Waals surface area contributed by atoms with Crippen molar-refractivity contribution in [3.8, 4) is 0 Å². The van der Waals surface area contributed by atoms with Gasteiger partial charge in [0.2, 0.25) is 3.79 Å². The molecule has 0 spiro atoms. The summed E-state index contributed by atoms with van der Waals surface area (Å²) in [4.78, 5) is 4.38. The van der Waals surface area contributed by atoms with Crippen molar-refractivity contribution in [1.29, 1.82) is 0 Å². The number of rotatable bonds is 3. The molecule has 0 aliphatic heterocycles. The fourth-order valence-corrected chi connectivity index (χ4v) is 2.27. The molecule has 0 fully saturated rings. The van der Waals surface area contributed by atoms with Crippen molar-refractivity contribution >= 4 is 45.8 Å². The summed E-state index contributed by atoms with van der Waals surface area (Å²) in [6.45, 7) is 2.61. The number of nitrogens with zero attached hydrogens (tertiary/aromatic N) is 2. The largest absolute Gasteiger partial charge is 0.326 e. The number of halogens is 3. The lowest BCUT2D eigenvalue weighted by atomic mass is 10.2. The Morgan fingerprint density at radius 3 is 2.61 bits per heavy atom. The molecule has 1 heterocycles. The molecule has 98 valence electrons. The van der Waals surface area contributed by atoms with E-state index in [0.29, 0.717) is 12.4 Å². The smallest absolute Gasteiger partial charge is 0.248 e. The molecule has 2 aromatic rings. The molecule has 2 rings (SSSR count). The first kappa shape index (κ1) is 13.9. The number of imidazole rings is 1. The van der Waals surface area contributed by atoms with Crippen LogP contribution in [0.15, 0.2) is 24.3 Å². The van der Waals surface area contributed by atoms with Crippen molar-refractivity contribution in [3.63, 3.8) is 0 Å². The maximum absolute atomic E-state index is 5.99. The summed E-state index contributed by atoms with van der Waals surface area (Å²) in [5, 5.41) is 0. The number of benzene rings is 1. The molecule has 0 aliphatic carbocycles. The average molecular weight is 307 g/mol. The molecule has 1 aromatic carbocycles. The van der Waals surface area contributed by atoms with Crippen LogP contribution in [0.2, 0.25) is 0 Å². The second-order valence-corrected chi connectivity index (χ2v) is 6.48. The van der Waals surface area contributed by atoms with Gasteiger partial charge in [0.05, 0.1) is 11.0 Å². The van der Waals surface area contributed by atoms with Crippen LogP contribution in [-0.2, 0) is 10.3 Å². The van der Waals surface area contributed by atoms with Crippen LogP contribution < -0.4 is 5.73 Å².